The minimum absolute atomic E-state index is 0.0303. The Hall–Kier alpha value is -4.60. The van der Waals surface area contributed by atoms with E-state index in [0.29, 0.717) is 75.0 Å². The van der Waals surface area contributed by atoms with E-state index in [-0.39, 0.29) is 35.7 Å². The lowest BCUT2D eigenvalue weighted by molar-refractivity contribution is -0.696. The first-order chi connectivity index (χ1) is 34.0. The quantitative estimate of drug-likeness (QED) is 0.0119. The third-order valence-electron chi connectivity index (χ3n) is 11.3. The van der Waals surface area contributed by atoms with Crippen LogP contribution in [-0.4, -0.2) is 120 Å². The number of anilines is 2. The van der Waals surface area contributed by atoms with Crippen LogP contribution in [0.4, 0.5) is 11.5 Å². The van der Waals surface area contributed by atoms with Gasteiger partial charge in [0.15, 0.2) is 30.1 Å². The number of aryl methyl sites for hydroxylation is 1. The summed E-state index contributed by atoms with van der Waals surface area (Å²) in [5, 5.41) is 24.6. The lowest BCUT2D eigenvalue weighted by atomic mass is 10.1. The second-order valence-electron chi connectivity index (χ2n) is 16.6. The van der Waals surface area contributed by atoms with E-state index in [1.54, 1.807) is 35.2 Å². The van der Waals surface area contributed by atoms with E-state index in [9.17, 15) is 61.1 Å². The number of carbonyl (C=O) groups excluding carboxylic acids is 1. The van der Waals surface area contributed by atoms with E-state index < -0.39 is 82.7 Å². The van der Waals surface area contributed by atoms with Gasteiger partial charge in [-0.2, -0.15) is 8.62 Å². The molecule has 1 aromatic carbocycles. The van der Waals surface area contributed by atoms with Crippen molar-refractivity contribution in [1.29, 1.82) is 0 Å². The van der Waals surface area contributed by atoms with Crippen LogP contribution in [0.5, 0.6) is 0 Å². The molecule has 27 nitrogen and oxygen atoms in total. The molecule has 31 heteroatoms. The van der Waals surface area contributed by atoms with Gasteiger partial charge < -0.3 is 54.6 Å². The van der Waals surface area contributed by atoms with E-state index in [2.05, 4.69) is 38.3 Å². The maximum absolute atomic E-state index is 13.0. The van der Waals surface area contributed by atoms with Crippen LogP contribution in [0.1, 0.15) is 70.9 Å². The van der Waals surface area contributed by atoms with Gasteiger partial charge in [0.05, 0.1) is 35.2 Å². The minimum atomic E-state index is -5.78. The molecule has 6 rings (SSSR count). The first-order valence-electron chi connectivity index (χ1n) is 22.7. The van der Waals surface area contributed by atoms with Crippen LogP contribution in [0, 0.1) is 0 Å². The molecule has 1 amide bonds. The maximum atomic E-state index is 13.0. The van der Waals surface area contributed by atoms with Crippen LogP contribution in [-0.2, 0) is 57.6 Å². The SMILES string of the molecule is CCN(CCCCCC(=O)NCCCCCCOP(=O)(O)OP(=O)(O)OP(=O)(O)OC[C@H]1O[C@@H](n2cnc3c(N)ncnc32)[C@H](O)[C@@H]1O)c1ccc2cc(-c3cc[n+](CCCS(=O)(=O)[O-])cc3)c(=O)oc2c1. The van der Waals surface area contributed by atoms with Gasteiger partial charge in [-0.05, 0) is 50.8 Å². The summed E-state index contributed by atoms with van der Waals surface area (Å²) < 4.78 is 102. The highest BCUT2D eigenvalue weighted by Gasteiger charge is 2.47. The first-order valence-corrected chi connectivity index (χ1v) is 28.8. The average molecular weight is 1090 g/mol. The van der Waals surface area contributed by atoms with E-state index >= 15 is 0 Å². The highest BCUT2D eigenvalue weighted by atomic mass is 32.2. The number of amides is 1. The molecular formula is C41H57N8O19P3S. The van der Waals surface area contributed by atoms with Crippen molar-refractivity contribution in [1.82, 2.24) is 24.8 Å². The molecule has 0 saturated carbocycles. The second-order valence-corrected chi connectivity index (χ2v) is 22.7. The Kier molecular flexibility index (Phi) is 19.8. The summed E-state index contributed by atoms with van der Waals surface area (Å²) in [6.45, 7) is 2.78. The van der Waals surface area contributed by atoms with Gasteiger partial charge in [0.2, 0.25) is 5.91 Å². The van der Waals surface area contributed by atoms with Crippen molar-refractivity contribution in [2.75, 3.05) is 49.2 Å². The molecule has 5 aromatic rings. The van der Waals surface area contributed by atoms with Crippen LogP contribution in [0.25, 0.3) is 33.3 Å². The number of nitrogens with two attached hydrogens (primary N) is 1. The van der Waals surface area contributed by atoms with E-state index in [4.69, 9.17) is 19.4 Å². The summed E-state index contributed by atoms with van der Waals surface area (Å²) in [5.74, 6) is -0.536. The van der Waals surface area contributed by atoms with E-state index in [1.165, 1.54) is 10.9 Å². The van der Waals surface area contributed by atoms with Crippen LogP contribution in [0.3, 0.4) is 0 Å². The van der Waals surface area contributed by atoms with Gasteiger partial charge in [-0.25, -0.2) is 46.4 Å². The van der Waals surface area contributed by atoms with Gasteiger partial charge in [-0.1, -0.05) is 19.3 Å². The summed E-state index contributed by atoms with van der Waals surface area (Å²) in [7, 11) is -20.9. The number of hydrogen-bond acceptors (Lipinski definition) is 21. The minimum Gasteiger partial charge on any atom is -0.748 e. The zero-order valence-electron chi connectivity index (χ0n) is 38.9. The largest absolute Gasteiger partial charge is 0.748 e. The third kappa shape index (κ3) is 16.5. The van der Waals surface area contributed by atoms with Crippen molar-refractivity contribution in [3.8, 4) is 11.1 Å². The molecule has 0 bridgehead atoms. The molecule has 396 valence electrons. The average Bonchev–Trinajstić information content (AvgIpc) is 3.86. The van der Waals surface area contributed by atoms with Crippen molar-refractivity contribution in [3.63, 3.8) is 0 Å². The molecule has 5 heterocycles. The highest BCUT2D eigenvalue weighted by Crippen LogP contribution is 2.67. The summed E-state index contributed by atoms with van der Waals surface area (Å²) in [6.07, 6.45) is 4.23. The van der Waals surface area contributed by atoms with Gasteiger partial charge in [0.25, 0.3) is 0 Å². The standard InChI is InChI=1S/C41H57N8O19P3S/c1-2-48(30-13-12-29-23-31(41(53)66-32(29)24-30)28-14-19-47(20-15-28)17-10-22-72(60,61)62)18-8-5-6-11-34(50)43-16-7-3-4-9-21-63-69(54,55)67-71(58,59)68-70(56,57)64-25-33-36(51)37(52)40(65-33)49-27-46-35-38(42)44-26-45-39(35)49/h12-15,19-20,23-24,26-27,33,36-37,40,51-52H,2-11,16-18,21-22,25H2,1H3,(H6-,42,43,44,45,50,54,55,56,57,58,59,60,61,62)/t33-,36-,37-,40-/m1/s1. The molecule has 1 aliphatic rings. The predicted molar refractivity (Wildman–Crippen MR) is 254 cm³/mol. The Bertz CT molecular complexity index is 2970. The molecular weight excluding hydrogens is 1030 g/mol. The first kappa shape index (κ1) is 56.7. The normalized spacial score (nSPS) is 19.8. The second kappa shape index (κ2) is 25.1. The molecule has 3 unspecified atom stereocenters. The Balaban J connectivity index is 0.812. The lowest BCUT2D eigenvalue weighted by Gasteiger charge is -2.23. The zero-order valence-corrected chi connectivity index (χ0v) is 42.4. The van der Waals surface area contributed by atoms with Gasteiger partial charge in [0, 0.05) is 73.1 Å². The molecule has 4 aromatic heterocycles. The van der Waals surface area contributed by atoms with Gasteiger partial charge in [-0.3, -0.25) is 18.4 Å². The van der Waals surface area contributed by atoms with E-state index in [0.717, 1.165) is 30.2 Å². The Morgan fingerprint density at radius 2 is 1.62 bits per heavy atom. The van der Waals surface area contributed by atoms with E-state index in [1.807, 2.05) is 25.1 Å². The van der Waals surface area contributed by atoms with Crippen molar-refractivity contribution in [2.45, 2.75) is 95.8 Å². The Labute approximate surface area is 412 Å². The topological polar surface area (TPSA) is 392 Å². The summed E-state index contributed by atoms with van der Waals surface area (Å²) >= 11 is 0. The number of aliphatic hydroxyl groups excluding tert-OH is 2. The Morgan fingerprint density at radius 1 is 0.917 bits per heavy atom. The van der Waals surface area contributed by atoms with Crippen molar-refractivity contribution in [2.24, 2.45) is 0 Å². The number of unbranched alkanes of at least 4 members (excludes halogenated alkanes) is 5. The molecule has 1 saturated heterocycles. The number of ether oxygens (including phenoxy) is 1. The smallest absolute Gasteiger partial charge is 0.490 e. The summed E-state index contributed by atoms with van der Waals surface area (Å²) in [4.78, 5) is 69.3. The maximum Gasteiger partial charge on any atom is 0.490 e. The zero-order chi connectivity index (χ0) is 52.3. The van der Waals surface area contributed by atoms with Crippen molar-refractivity contribution < 1.29 is 87.7 Å². The number of carbonyl (C=O) groups is 1. The fourth-order valence-electron chi connectivity index (χ4n) is 7.66. The molecule has 0 spiro atoms. The number of benzene rings is 1. The van der Waals surface area contributed by atoms with Crippen LogP contribution >= 0.6 is 23.5 Å². The van der Waals surface area contributed by atoms with Gasteiger partial charge in [0.1, 0.15) is 42.3 Å². The number of fused-ring (bicyclic) bond motifs is 2. The fraction of sp³-hybridized carbons (Fsp3) is 0.512. The van der Waals surface area contributed by atoms with Crippen molar-refractivity contribution >= 4 is 73.1 Å². The predicted octanol–water partition coefficient (Wildman–Crippen LogP) is 3.16. The molecule has 0 aliphatic carbocycles. The number of phosphoric ester groups is 2. The number of nitrogens with one attached hydrogen (secondary N) is 1. The number of aliphatic hydroxyl groups is 2. The number of hydrogen-bond donors (Lipinski definition) is 7. The molecule has 8 N–H and O–H groups in total. The van der Waals surface area contributed by atoms with Gasteiger partial charge >= 0.3 is 29.1 Å². The number of rotatable bonds is 29. The Morgan fingerprint density at radius 3 is 2.35 bits per heavy atom. The number of nitrogen functional groups attached to an aromatic ring is 1. The number of aromatic nitrogens is 5. The van der Waals surface area contributed by atoms with Crippen LogP contribution in [0.15, 0.2) is 70.7 Å². The monoisotopic (exact) mass is 1090 g/mol. The molecule has 7 atom stereocenters. The molecule has 1 aliphatic heterocycles. The number of nitrogens with zero attached hydrogens (tertiary/aromatic N) is 6. The van der Waals surface area contributed by atoms with Crippen molar-refractivity contribution in [3.05, 3.63) is 71.9 Å². The number of phosphoric acid groups is 3. The third-order valence-corrected chi connectivity index (χ3v) is 16.3. The molecule has 72 heavy (non-hydrogen) atoms. The van der Waals surface area contributed by atoms with Gasteiger partial charge in [-0.15, -0.1) is 0 Å². The van der Waals surface area contributed by atoms with Crippen LogP contribution in [0.2, 0.25) is 0 Å². The summed E-state index contributed by atoms with van der Waals surface area (Å²) in [6, 6.07) is 10.9. The van der Waals surface area contributed by atoms with Crippen LogP contribution < -0.4 is 26.1 Å². The highest BCUT2D eigenvalue weighted by molar-refractivity contribution is 7.85. The fourth-order valence-corrected chi connectivity index (χ4v) is 11.7. The number of pyridine rings is 1. The number of imidazole rings is 1. The lowest BCUT2D eigenvalue weighted by Crippen LogP contribution is -2.33. The summed E-state index contributed by atoms with van der Waals surface area (Å²) in [5.41, 5.74) is 7.89. The molecule has 0 radical (unpaired) electrons. The molecule has 1 fully saturated rings.